The zero-order valence-corrected chi connectivity index (χ0v) is 17.5. The highest BCUT2D eigenvalue weighted by molar-refractivity contribution is 5.55. The van der Waals surface area contributed by atoms with Gasteiger partial charge < -0.3 is 0 Å². The summed E-state index contributed by atoms with van der Waals surface area (Å²) >= 11 is 0. The molecule has 0 aromatic heterocycles. The monoisotopic (exact) mass is 567 g/mol. The fraction of sp³-hybridized carbons (Fsp3) is 0.667. The molecule has 18 heteroatoms. The highest BCUT2D eigenvalue weighted by Gasteiger charge is 2.80. The Kier molecular flexibility index (Phi) is 8.80. The van der Waals surface area contributed by atoms with E-state index in [9.17, 15) is 74.6 Å². The van der Waals surface area contributed by atoms with Gasteiger partial charge in [0.25, 0.3) is 0 Å². The van der Waals surface area contributed by atoms with Crippen molar-refractivity contribution in [3.05, 3.63) is 29.1 Å². The van der Waals surface area contributed by atoms with E-state index >= 15 is 0 Å². The molecule has 0 aliphatic carbocycles. The summed E-state index contributed by atoms with van der Waals surface area (Å²) in [6.07, 6.45) is -17.1. The van der Waals surface area contributed by atoms with E-state index < -0.39 is 88.8 Å². The van der Waals surface area contributed by atoms with Crippen molar-refractivity contribution in [2.24, 2.45) is 0 Å². The number of rotatable bonds is 10. The number of benzene rings is 1. The SMILES string of the molecule is CCCCCCC(F)(F)C(F)(F)C(F)(F)N(c1cc(F)c(F)c(C(F)(F)F)c1F)C(F)(F)C(F)(F)F. The van der Waals surface area contributed by atoms with E-state index in [1.54, 1.807) is 0 Å². The van der Waals surface area contributed by atoms with E-state index in [-0.39, 0.29) is 12.8 Å². The molecule has 0 amide bonds. The molecule has 0 aliphatic heterocycles. The summed E-state index contributed by atoms with van der Waals surface area (Å²) in [4.78, 5) is -3.45. The average molecular weight is 567 g/mol. The fourth-order valence-electron chi connectivity index (χ4n) is 2.90. The summed E-state index contributed by atoms with van der Waals surface area (Å²) in [5, 5.41) is 0. The van der Waals surface area contributed by atoms with Crippen LogP contribution < -0.4 is 4.90 Å². The minimum atomic E-state index is -7.53. The summed E-state index contributed by atoms with van der Waals surface area (Å²) in [6, 6.07) is -16.5. The molecule has 0 spiro atoms. The molecule has 0 radical (unpaired) electrons. The zero-order valence-electron chi connectivity index (χ0n) is 17.5. The van der Waals surface area contributed by atoms with Crippen LogP contribution in [-0.2, 0) is 6.18 Å². The number of alkyl halides is 14. The highest BCUT2D eigenvalue weighted by atomic mass is 19.4. The molecule has 1 nitrogen and oxygen atoms in total. The third kappa shape index (κ3) is 5.55. The van der Waals surface area contributed by atoms with Crippen molar-refractivity contribution < 1.29 is 74.6 Å². The maximum absolute atomic E-state index is 14.5. The van der Waals surface area contributed by atoms with Crippen molar-refractivity contribution in [3.63, 3.8) is 0 Å². The largest absolute Gasteiger partial charge is 0.475 e. The minimum Gasteiger partial charge on any atom is -0.237 e. The van der Waals surface area contributed by atoms with Crippen LogP contribution in [0, 0.1) is 17.5 Å². The number of hydrogen-bond donors (Lipinski definition) is 0. The fourth-order valence-corrected chi connectivity index (χ4v) is 2.90. The quantitative estimate of drug-likeness (QED) is 0.118. The van der Waals surface area contributed by atoms with Gasteiger partial charge in [-0.1, -0.05) is 26.2 Å². The first-order valence-electron chi connectivity index (χ1n) is 9.52. The Bertz CT molecular complexity index is 916. The normalized spacial score (nSPS) is 14.4. The van der Waals surface area contributed by atoms with E-state index in [1.807, 2.05) is 0 Å². The Morgan fingerprint density at radius 2 is 1.17 bits per heavy atom. The average Bonchev–Trinajstić information content (AvgIpc) is 2.67. The van der Waals surface area contributed by atoms with Crippen LogP contribution in [0.15, 0.2) is 6.07 Å². The van der Waals surface area contributed by atoms with Crippen LogP contribution in [0.5, 0.6) is 0 Å². The van der Waals surface area contributed by atoms with E-state index in [2.05, 4.69) is 0 Å². The summed E-state index contributed by atoms with van der Waals surface area (Å²) in [6.45, 7) is 1.49. The van der Waals surface area contributed by atoms with Gasteiger partial charge in [0.1, 0.15) is 5.56 Å². The molecule has 0 bridgehead atoms. The second-order valence-electron chi connectivity index (χ2n) is 7.38. The number of unbranched alkanes of at least 4 members (excludes halogenated alkanes) is 3. The molecule has 0 fully saturated rings. The topological polar surface area (TPSA) is 3.24 Å². The van der Waals surface area contributed by atoms with Gasteiger partial charge in [-0.05, 0) is 6.42 Å². The molecule has 36 heavy (non-hydrogen) atoms. The molecule has 1 rings (SSSR count). The predicted molar refractivity (Wildman–Crippen MR) is 88.4 cm³/mol. The minimum absolute atomic E-state index is 0.0800. The van der Waals surface area contributed by atoms with E-state index in [4.69, 9.17) is 0 Å². The Balaban J connectivity index is 3.97. The molecule has 0 aliphatic rings. The van der Waals surface area contributed by atoms with Crippen LogP contribution in [0.1, 0.15) is 44.6 Å². The van der Waals surface area contributed by atoms with Crippen LogP contribution >= 0.6 is 0 Å². The smallest absolute Gasteiger partial charge is 0.237 e. The first kappa shape index (κ1) is 31.9. The molecule has 0 heterocycles. The summed E-state index contributed by atoms with van der Waals surface area (Å²) in [5.74, 6) is -23.7. The third-order valence-corrected chi connectivity index (χ3v) is 4.75. The lowest BCUT2D eigenvalue weighted by Gasteiger charge is -2.44. The summed E-state index contributed by atoms with van der Waals surface area (Å²) < 4.78 is 232. The van der Waals surface area contributed by atoms with Crippen molar-refractivity contribution in [2.75, 3.05) is 4.90 Å². The molecule has 1 aromatic rings. The molecule has 0 atom stereocenters. The van der Waals surface area contributed by atoms with Gasteiger partial charge in [0, 0.05) is 12.5 Å². The predicted octanol–water partition coefficient (Wildman–Crippen LogP) is 8.92. The molecule has 0 saturated carbocycles. The maximum atomic E-state index is 14.5. The zero-order chi connectivity index (χ0) is 28.7. The van der Waals surface area contributed by atoms with Gasteiger partial charge >= 0.3 is 36.3 Å². The lowest BCUT2D eigenvalue weighted by atomic mass is 10.00. The van der Waals surface area contributed by atoms with Gasteiger partial charge in [0.2, 0.25) is 0 Å². The van der Waals surface area contributed by atoms with Crippen molar-refractivity contribution in [2.45, 2.75) is 75.3 Å². The molecule has 0 unspecified atom stereocenters. The highest BCUT2D eigenvalue weighted by Crippen LogP contribution is 2.56. The molecular formula is C18H14F17N. The van der Waals surface area contributed by atoms with Crippen LogP contribution in [0.2, 0.25) is 0 Å². The Hall–Kier alpha value is -2.17. The number of anilines is 1. The second-order valence-corrected chi connectivity index (χ2v) is 7.38. The van der Waals surface area contributed by atoms with Gasteiger partial charge in [0.05, 0.1) is 5.69 Å². The molecule has 0 N–H and O–H groups in total. The van der Waals surface area contributed by atoms with Crippen LogP contribution in [0.3, 0.4) is 0 Å². The Morgan fingerprint density at radius 3 is 1.58 bits per heavy atom. The summed E-state index contributed by atoms with van der Waals surface area (Å²) in [5.41, 5.74) is -7.28. The van der Waals surface area contributed by atoms with Crippen molar-refractivity contribution in [3.8, 4) is 0 Å². The van der Waals surface area contributed by atoms with Gasteiger partial charge in [-0.15, -0.1) is 0 Å². The maximum Gasteiger partial charge on any atom is 0.475 e. The lowest BCUT2D eigenvalue weighted by Crippen LogP contribution is -2.69. The van der Waals surface area contributed by atoms with E-state index in [0.29, 0.717) is 6.42 Å². The first-order valence-corrected chi connectivity index (χ1v) is 9.52. The second kappa shape index (κ2) is 9.95. The van der Waals surface area contributed by atoms with Gasteiger partial charge in [0.15, 0.2) is 17.5 Å². The Labute approximate surface area is 190 Å². The first-order chi connectivity index (χ1) is 15.9. The van der Waals surface area contributed by atoms with Gasteiger partial charge in [-0.2, -0.15) is 61.5 Å². The van der Waals surface area contributed by atoms with Gasteiger partial charge in [-0.3, -0.25) is 0 Å². The Morgan fingerprint density at radius 1 is 0.667 bits per heavy atom. The van der Waals surface area contributed by atoms with Gasteiger partial charge in [-0.25, -0.2) is 18.1 Å². The number of halogens is 17. The molecular weight excluding hydrogens is 553 g/mol. The van der Waals surface area contributed by atoms with Crippen molar-refractivity contribution in [1.29, 1.82) is 0 Å². The number of hydrogen-bond acceptors (Lipinski definition) is 1. The lowest BCUT2D eigenvalue weighted by molar-refractivity contribution is -0.349. The third-order valence-electron chi connectivity index (χ3n) is 4.75. The molecule has 210 valence electrons. The number of nitrogens with zero attached hydrogens (tertiary/aromatic N) is 1. The molecule has 0 saturated heterocycles. The van der Waals surface area contributed by atoms with E-state index in [0.717, 1.165) is 0 Å². The van der Waals surface area contributed by atoms with Crippen molar-refractivity contribution >= 4 is 5.69 Å². The van der Waals surface area contributed by atoms with Crippen LogP contribution in [-0.4, -0.2) is 30.1 Å². The van der Waals surface area contributed by atoms with E-state index in [1.165, 1.54) is 6.92 Å². The van der Waals surface area contributed by atoms with Crippen LogP contribution in [0.4, 0.5) is 80.3 Å². The molecule has 1 aromatic carbocycles. The summed E-state index contributed by atoms with van der Waals surface area (Å²) in [7, 11) is 0. The standard InChI is InChI=1S/C18H14F17N/c1-2-3-4-5-6-13(22,23)15(27,28)17(32,33)36(18(34,35)16(29,30)31)9-7-8(19)11(20)10(12(9)21)14(24,25)26/h7H,2-6H2,1H3. The van der Waals surface area contributed by atoms with Crippen LogP contribution in [0.25, 0.3) is 0 Å². The van der Waals surface area contributed by atoms with Crippen molar-refractivity contribution in [1.82, 2.24) is 0 Å².